The Balaban J connectivity index is 1.88. The van der Waals surface area contributed by atoms with E-state index in [4.69, 9.17) is 10.5 Å². The fourth-order valence-corrected chi connectivity index (χ4v) is 2.63. The second-order valence-corrected chi connectivity index (χ2v) is 5.26. The van der Waals surface area contributed by atoms with Crippen molar-refractivity contribution in [2.24, 2.45) is 5.73 Å². The summed E-state index contributed by atoms with van der Waals surface area (Å²) in [7, 11) is 1.68. The molecule has 3 N–H and O–H groups in total. The third kappa shape index (κ3) is 3.63. The lowest BCUT2D eigenvalue weighted by atomic mass is 10.0. The van der Waals surface area contributed by atoms with E-state index in [1.165, 1.54) is 5.56 Å². The third-order valence-electron chi connectivity index (χ3n) is 3.89. The van der Waals surface area contributed by atoms with E-state index in [0.717, 1.165) is 31.7 Å². The molecule has 1 aromatic rings. The minimum atomic E-state index is -0.315. The van der Waals surface area contributed by atoms with Gasteiger partial charge in [0.05, 0.1) is 7.11 Å². The second-order valence-electron chi connectivity index (χ2n) is 5.26. The van der Waals surface area contributed by atoms with E-state index >= 15 is 0 Å². The molecule has 1 aromatic carbocycles. The van der Waals surface area contributed by atoms with Crippen LogP contribution in [0.2, 0.25) is 0 Å². The number of carbonyl (C=O) groups excluding carboxylic acids is 1. The standard InChI is InChI=1S/C15H23N3O2/c1-11(12-4-3-5-14(10-12)20-2)17-13-6-8-18(9-7-13)15(16)19/h3-5,10-11,13,17H,6-9H2,1-2H3,(H2,16,19). The average Bonchev–Trinajstić information content (AvgIpc) is 2.47. The van der Waals surface area contributed by atoms with Gasteiger partial charge in [-0.1, -0.05) is 12.1 Å². The average molecular weight is 277 g/mol. The summed E-state index contributed by atoms with van der Waals surface area (Å²) in [5, 5.41) is 3.61. The minimum absolute atomic E-state index is 0.259. The van der Waals surface area contributed by atoms with E-state index in [-0.39, 0.29) is 12.1 Å². The first-order chi connectivity index (χ1) is 9.60. The fraction of sp³-hybridized carbons (Fsp3) is 0.533. The van der Waals surface area contributed by atoms with Crippen LogP contribution in [0.15, 0.2) is 24.3 Å². The number of benzene rings is 1. The Kier molecular flexibility index (Phi) is 4.84. The van der Waals surface area contributed by atoms with Gasteiger partial charge in [-0.25, -0.2) is 4.79 Å². The summed E-state index contributed by atoms with van der Waals surface area (Å²) in [6.07, 6.45) is 1.88. The molecule has 1 heterocycles. The number of methoxy groups -OCH3 is 1. The number of nitrogens with zero attached hydrogens (tertiary/aromatic N) is 1. The highest BCUT2D eigenvalue weighted by atomic mass is 16.5. The summed E-state index contributed by atoms with van der Waals surface area (Å²) in [6, 6.07) is 8.46. The number of ether oxygens (including phenoxy) is 1. The van der Waals surface area contributed by atoms with Crippen LogP contribution in [0.4, 0.5) is 4.79 Å². The summed E-state index contributed by atoms with van der Waals surface area (Å²) in [5.74, 6) is 0.875. The first-order valence-electron chi connectivity index (χ1n) is 7.04. The highest BCUT2D eigenvalue weighted by Gasteiger charge is 2.22. The smallest absolute Gasteiger partial charge is 0.314 e. The predicted octanol–water partition coefficient (Wildman–Crippen LogP) is 1.89. The molecule has 0 bridgehead atoms. The molecule has 1 saturated heterocycles. The largest absolute Gasteiger partial charge is 0.497 e. The Labute approximate surface area is 120 Å². The van der Waals surface area contributed by atoms with Gasteiger partial charge in [-0.2, -0.15) is 0 Å². The molecule has 0 aliphatic carbocycles. The van der Waals surface area contributed by atoms with Gasteiger partial charge in [-0.15, -0.1) is 0 Å². The lowest BCUT2D eigenvalue weighted by Crippen LogP contribution is -2.47. The number of hydrogen-bond acceptors (Lipinski definition) is 3. The molecule has 1 fully saturated rings. The summed E-state index contributed by atoms with van der Waals surface area (Å²) < 4.78 is 5.25. The van der Waals surface area contributed by atoms with Gasteiger partial charge in [0.25, 0.3) is 0 Å². The van der Waals surface area contributed by atoms with Gasteiger partial charge < -0.3 is 20.7 Å². The summed E-state index contributed by atoms with van der Waals surface area (Å²) in [4.78, 5) is 12.8. The zero-order valence-electron chi connectivity index (χ0n) is 12.1. The number of hydrogen-bond donors (Lipinski definition) is 2. The molecule has 20 heavy (non-hydrogen) atoms. The highest BCUT2D eigenvalue weighted by molar-refractivity contribution is 5.72. The van der Waals surface area contributed by atoms with Crippen LogP contribution in [0.3, 0.4) is 0 Å². The summed E-state index contributed by atoms with van der Waals surface area (Å²) in [5.41, 5.74) is 6.50. The number of likely N-dealkylation sites (tertiary alicyclic amines) is 1. The van der Waals surface area contributed by atoms with Crippen LogP contribution in [0.25, 0.3) is 0 Å². The van der Waals surface area contributed by atoms with E-state index in [2.05, 4.69) is 24.4 Å². The quantitative estimate of drug-likeness (QED) is 0.883. The maximum Gasteiger partial charge on any atom is 0.314 e. The first kappa shape index (κ1) is 14.7. The number of primary amides is 1. The van der Waals surface area contributed by atoms with Crippen LogP contribution in [0.5, 0.6) is 5.75 Å². The molecular weight excluding hydrogens is 254 g/mol. The van der Waals surface area contributed by atoms with Crippen LogP contribution in [0, 0.1) is 0 Å². The van der Waals surface area contributed by atoms with E-state index in [0.29, 0.717) is 6.04 Å². The van der Waals surface area contributed by atoms with E-state index in [9.17, 15) is 4.79 Å². The molecule has 0 radical (unpaired) electrons. The molecule has 1 unspecified atom stereocenters. The van der Waals surface area contributed by atoms with Gasteiger partial charge in [-0.3, -0.25) is 0 Å². The number of nitrogens with two attached hydrogens (primary N) is 1. The number of carbonyl (C=O) groups is 1. The first-order valence-corrected chi connectivity index (χ1v) is 7.04. The molecule has 0 saturated carbocycles. The maximum absolute atomic E-state index is 11.1. The Hall–Kier alpha value is -1.75. The van der Waals surface area contributed by atoms with Crippen molar-refractivity contribution in [1.82, 2.24) is 10.2 Å². The minimum Gasteiger partial charge on any atom is -0.497 e. The van der Waals surface area contributed by atoms with Gasteiger partial charge in [0.1, 0.15) is 5.75 Å². The SMILES string of the molecule is COc1cccc(C(C)NC2CCN(C(N)=O)CC2)c1. The Morgan fingerprint density at radius 1 is 1.45 bits per heavy atom. The molecule has 5 nitrogen and oxygen atoms in total. The second kappa shape index (κ2) is 6.61. The molecule has 1 atom stereocenters. The van der Waals surface area contributed by atoms with Gasteiger partial charge >= 0.3 is 6.03 Å². The number of piperidine rings is 1. The van der Waals surface area contributed by atoms with Gasteiger partial charge in [0, 0.05) is 25.2 Å². The molecular formula is C15H23N3O2. The lowest BCUT2D eigenvalue weighted by molar-refractivity contribution is 0.183. The molecule has 0 aromatic heterocycles. The topological polar surface area (TPSA) is 67.6 Å². The maximum atomic E-state index is 11.1. The fourth-order valence-electron chi connectivity index (χ4n) is 2.63. The number of nitrogens with one attached hydrogen (secondary N) is 1. The molecule has 110 valence electrons. The molecule has 1 aliphatic heterocycles. The number of urea groups is 1. The monoisotopic (exact) mass is 277 g/mol. The van der Waals surface area contributed by atoms with Crippen molar-refractivity contribution < 1.29 is 9.53 Å². The van der Waals surface area contributed by atoms with Crippen LogP contribution >= 0.6 is 0 Å². The van der Waals surface area contributed by atoms with Crippen LogP contribution in [-0.4, -0.2) is 37.2 Å². The zero-order chi connectivity index (χ0) is 14.5. The van der Waals surface area contributed by atoms with E-state index < -0.39 is 0 Å². The predicted molar refractivity (Wildman–Crippen MR) is 78.7 cm³/mol. The van der Waals surface area contributed by atoms with Crippen molar-refractivity contribution in [3.8, 4) is 5.75 Å². The molecule has 2 rings (SSSR count). The Morgan fingerprint density at radius 3 is 2.75 bits per heavy atom. The number of amides is 2. The molecule has 1 aliphatic rings. The summed E-state index contributed by atoms with van der Waals surface area (Å²) >= 11 is 0. The Bertz CT molecular complexity index is 456. The Morgan fingerprint density at radius 2 is 2.15 bits per heavy atom. The van der Waals surface area contributed by atoms with Gasteiger partial charge in [0.2, 0.25) is 0 Å². The van der Waals surface area contributed by atoms with E-state index in [1.54, 1.807) is 12.0 Å². The van der Waals surface area contributed by atoms with Crippen molar-refractivity contribution in [2.75, 3.05) is 20.2 Å². The van der Waals surface area contributed by atoms with Crippen LogP contribution in [0.1, 0.15) is 31.4 Å². The van der Waals surface area contributed by atoms with Gasteiger partial charge in [0.15, 0.2) is 0 Å². The van der Waals surface area contributed by atoms with Crippen molar-refractivity contribution >= 4 is 6.03 Å². The third-order valence-corrected chi connectivity index (χ3v) is 3.89. The van der Waals surface area contributed by atoms with Crippen molar-refractivity contribution in [3.63, 3.8) is 0 Å². The van der Waals surface area contributed by atoms with Crippen molar-refractivity contribution in [1.29, 1.82) is 0 Å². The normalized spacial score (nSPS) is 17.8. The van der Waals surface area contributed by atoms with Crippen molar-refractivity contribution in [3.05, 3.63) is 29.8 Å². The zero-order valence-corrected chi connectivity index (χ0v) is 12.1. The molecule has 0 spiro atoms. The lowest BCUT2D eigenvalue weighted by Gasteiger charge is -2.33. The van der Waals surface area contributed by atoms with Crippen LogP contribution in [-0.2, 0) is 0 Å². The highest BCUT2D eigenvalue weighted by Crippen LogP contribution is 2.21. The summed E-state index contributed by atoms with van der Waals surface area (Å²) in [6.45, 7) is 3.62. The molecule has 5 heteroatoms. The van der Waals surface area contributed by atoms with Crippen molar-refractivity contribution in [2.45, 2.75) is 31.8 Å². The van der Waals surface area contributed by atoms with E-state index in [1.807, 2.05) is 12.1 Å². The van der Waals surface area contributed by atoms with Gasteiger partial charge in [-0.05, 0) is 37.5 Å². The van der Waals surface area contributed by atoms with Crippen LogP contribution < -0.4 is 15.8 Å². The number of rotatable bonds is 4. The molecule has 2 amide bonds.